The number of benzene rings is 1. The molecule has 1 fully saturated rings. The van der Waals surface area contributed by atoms with Gasteiger partial charge in [-0.2, -0.15) is 13.2 Å². The lowest BCUT2D eigenvalue weighted by Crippen LogP contribution is -2.63. The number of halogens is 3. The molecule has 1 heterocycles. The predicted molar refractivity (Wildman–Crippen MR) is 78.1 cm³/mol. The van der Waals surface area contributed by atoms with Gasteiger partial charge < -0.3 is 5.32 Å². The van der Waals surface area contributed by atoms with Crippen molar-refractivity contribution in [3.05, 3.63) is 35.9 Å². The first-order chi connectivity index (χ1) is 9.85. The molecule has 0 bridgehead atoms. The lowest BCUT2D eigenvalue weighted by atomic mass is 9.86. The average Bonchev–Trinajstić information content (AvgIpc) is 2.42. The summed E-state index contributed by atoms with van der Waals surface area (Å²) in [4.78, 5) is 1.58. The highest BCUT2D eigenvalue weighted by molar-refractivity contribution is 5.25. The number of alkyl halides is 3. The number of piperazine rings is 1. The fourth-order valence-electron chi connectivity index (χ4n) is 3.07. The summed E-state index contributed by atoms with van der Waals surface area (Å²) in [6.07, 6.45) is -2.30. The molecule has 2 rings (SSSR count). The van der Waals surface area contributed by atoms with Crippen molar-refractivity contribution in [2.45, 2.75) is 44.4 Å². The van der Waals surface area contributed by atoms with Crippen molar-refractivity contribution in [1.82, 2.24) is 10.2 Å². The Morgan fingerprint density at radius 1 is 1.29 bits per heavy atom. The Morgan fingerprint density at radius 3 is 2.52 bits per heavy atom. The molecule has 1 aliphatic rings. The molecule has 0 radical (unpaired) electrons. The van der Waals surface area contributed by atoms with Crippen LogP contribution >= 0.6 is 0 Å². The van der Waals surface area contributed by atoms with Crippen molar-refractivity contribution >= 4 is 0 Å². The van der Waals surface area contributed by atoms with Gasteiger partial charge in [-0.1, -0.05) is 43.7 Å². The van der Waals surface area contributed by atoms with Crippen LogP contribution in [0.5, 0.6) is 0 Å². The molecule has 2 atom stereocenters. The molecule has 1 aliphatic heterocycles. The first-order valence-corrected chi connectivity index (χ1v) is 7.46. The van der Waals surface area contributed by atoms with Gasteiger partial charge in [0.1, 0.15) is 0 Å². The van der Waals surface area contributed by atoms with Crippen molar-refractivity contribution in [3.63, 3.8) is 0 Å². The summed E-state index contributed by atoms with van der Waals surface area (Å²) in [6, 6.07) is 9.59. The summed E-state index contributed by atoms with van der Waals surface area (Å²) >= 11 is 0. The summed E-state index contributed by atoms with van der Waals surface area (Å²) in [7, 11) is 0. The van der Waals surface area contributed by atoms with E-state index in [4.69, 9.17) is 0 Å². The van der Waals surface area contributed by atoms with Crippen LogP contribution in [0.25, 0.3) is 0 Å². The number of nitrogens with one attached hydrogen (secondary N) is 1. The van der Waals surface area contributed by atoms with Crippen LogP contribution in [-0.4, -0.2) is 36.8 Å². The summed E-state index contributed by atoms with van der Waals surface area (Å²) < 4.78 is 38.9. The number of rotatable bonds is 4. The number of nitrogens with zero attached hydrogens (tertiary/aromatic N) is 1. The molecule has 5 heteroatoms. The lowest BCUT2D eigenvalue weighted by molar-refractivity contribution is -0.164. The van der Waals surface area contributed by atoms with Crippen molar-refractivity contribution in [1.29, 1.82) is 0 Å². The fourth-order valence-corrected chi connectivity index (χ4v) is 3.07. The first kappa shape index (κ1) is 16.3. The molecule has 0 aromatic heterocycles. The van der Waals surface area contributed by atoms with Gasteiger partial charge in [0.25, 0.3) is 0 Å². The van der Waals surface area contributed by atoms with Crippen LogP contribution in [-0.2, 0) is 5.54 Å². The molecule has 118 valence electrons. The smallest absolute Gasteiger partial charge is 0.311 e. The second-order valence-corrected chi connectivity index (χ2v) is 6.00. The predicted octanol–water partition coefficient (Wildman–Crippen LogP) is 3.54. The maximum absolute atomic E-state index is 13.0. The van der Waals surface area contributed by atoms with E-state index in [1.807, 2.05) is 37.3 Å². The van der Waals surface area contributed by atoms with Crippen molar-refractivity contribution in [2.24, 2.45) is 0 Å². The highest BCUT2D eigenvalue weighted by Crippen LogP contribution is 2.33. The third kappa shape index (κ3) is 3.98. The van der Waals surface area contributed by atoms with Crippen LogP contribution < -0.4 is 5.32 Å². The van der Waals surface area contributed by atoms with Gasteiger partial charge in [0.15, 0.2) is 0 Å². The summed E-state index contributed by atoms with van der Waals surface area (Å²) in [6.45, 7) is 4.06. The van der Waals surface area contributed by atoms with E-state index in [1.54, 1.807) is 4.90 Å². The summed E-state index contributed by atoms with van der Waals surface area (Å²) in [5, 5.41) is 3.42. The van der Waals surface area contributed by atoms with Crippen molar-refractivity contribution < 1.29 is 13.2 Å². The maximum atomic E-state index is 13.0. The molecule has 0 spiro atoms. The monoisotopic (exact) mass is 300 g/mol. The molecular weight excluding hydrogens is 277 g/mol. The first-order valence-electron chi connectivity index (χ1n) is 7.46. The summed E-state index contributed by atoms with van der Waals surface area (Å²) in [5.41, 5.74) is 0.304. The van der Waals surface area contributed by atoms with E-state index < -0.39 is 18.3 Å². The molecule has 2 nitrogen and oxygen atoms in total. The zero-order valence-electron chi connectivity index (χ0n) is 12.6. The molecule has 1 N–H and O–H groups in total. The standard InChI is InChI=1S/C16H23F3N2/c1-3-7-14-10-21(12-16(17,18)19)15(2,11-20-14)13-8-5-4-6-9-13/h4-6,8-9,14,20H,3,7,10-12H2,1-2H3. The van der Waals surface area contributed by atoms with Gasteiger partial charge in [0, 0.05) is 19.1 Å². The van der Waals surface area contributed by atoms with Gasteiger partial charge in [0.2, 0.25) is 0 Å². The number of hydrogen-bond donors (Lipinski definition) is 1. The van der Waals surface area contributed by atoms with Crippen LogP contribution in [0.3, 0.4) is 0 Å². The van der Waals surface area contributed by atoms with E-state index in [9.17, 15) is 13.2 Å². The Balaban J connectivity index is 2.25. The Kier molecular flexibility index (Phi) is 4.94. The van der Waals surface area contributed by atoms with Crippen LogP contribution in [0, 0.1) is 0 Å². The lowest BCUT2D eigenvalue weighted by Gasteiger charge is -2.48. The molecule has 1 aromatic rings. The van der Waals surface area contributed by atoms with Gasteiger partial charge >= 0.3 is 6.18 Å². The Hall–Kier alpha value is -1.07. The maximum Gasteiger partial charge on any atom is 0.401 e. The van der Waals surface area contributed by atoms with E-state index >= 15 is 0 Å². The highest BCUT2D eigenvalue weighted by Gasteiger charge is 2.44. The molecule has 0 aliphatic carbocycles. The number of hydrogen-bond acceptors (Lipinski definition) is 2. The quantitative estimate of drug-likeness (QED) is 0.915. The van der Waals surface area contributed by atoms with Gasteiger partial charge in [0.05, 0.1) is 12.1 Å². The average molecular weight is 300 g/mol. The summed E-state index contributed by atoms with van der Waals surface area (Å²) in [5.74, 6) is 0. The van der Waals surface area contributed by atoms with Gasteiger partial charge in [-0.05, 0) is 18.9 Å². The van der Waals surface area contributed by atoms with Crippen LogP contribution in [0.2, 0.25) is 0 Å². The largest absolute Gasteiger partial charge is 0.401 e. The third-order valence-corrected chi connectivity index (χ3v) is 4.28. The minimum absolute atomic E-state index is 0.133. The Morgan fingerprint density at radius 2 is 1.95 bits per heavy atom. The minimum atomic E-state index is -4.18. The zero-order valence-corrected chi connectivity index (χ0v) is 12.6. The van der Waals surface area contributed by atoms with E-state index in [-0.39, 0.29) is 6.04 Å². The third-order valence-electron chi connectivity index (χ3n) is 4.28. The molecular formula is C16H23F3N2. The molecule has 1 saturated heterocycles. The van der Waals surface area contributed by atoms with Crippen molar-refractivity contribution in [2.75, 3.05) is 19.6 Å². The fraction of sp³-hybridized carbons (Fsp3) is 0.625. The SMILES string of the molecule is CCCC1CN(CC(F)(F)F)C(C)(c2ccccc2)CN1. The molecule has 21 heavy (non-hydrogen) atoms. The van der Waals surface area contributed by atoms with Crippen LogP contribution in [0.4, 0.5) is 13.2 Å². The van der Waals surface area contributed by atoms with E-state index in [2.05, 4.69) is 12.2 Å². The van der Waals surface area contributed by atoms with E-state index in [0.29, 0.717) is 13.1 Å². The van der Waals surface area contributed by atoms with Gasteiger partial charge in [-0.3, -0.25) is 4.90 Å². The Labute approximate surface area is 124 Å². The van der Waals surface area contributed by atoms with Crippen molar-refractivity contribution in [3.8, 4) is 0 Å². The molecule has 0 amide bonds. The zero-order chi connectivity index (χ0) is 15.5. The minimum Gasteiger partial charge on any atom is -0.311 e. The molecule has 2 unspecified atom stereocenters. The second kappa shape index (κ2) is 6.36. The normalized spacial score (nSPS) is 27.8. The second-order valence-electron chi connectivity index (χ2n) is 6.00. The van der Waals surface area contributed by atoms with Gasteiger partial charge in [-0.25, -0.2) is 0 Å². The molecule has 1 aromatic carbocycles. The van der Waals surface area contributed by atoms with E-state index in [1.165, 1.54) is 0 Å². The van der Waals surface area contributed by atoms with Crippen LogP contribution in [0.15, 0.2) is 30.3 Å². The Bertz CT molecular complexity index is 447. The van der Waals surface area contributed by atoms with Crippen LogP contribution in [0.1, 0.15) is 32.3 Å². The van der Waals surface area contributed by atoms with Gasteiger partial charge in [-0.15, -0.1) is 0 Å². The highest BCUT2D eigenvalue weighted by atomic mass is 19.4. The van der Waals surface area contributed by atoms with E-state index in [0.717, 1.165) is 18.4 Å². The topological polar surface area (TPSA) is 15.3 Å². The molecule has 0 saturated carbocycles.